The summed E-state index contributed by atoms with van der Waals surface area (Å²) < 4.78 is 0. The molecule has 0 radical (unpaired) electrons. The molecule has 1 N–H and O–H groups in total. The number of nitrogens with zero attached hydrogens (tertiary/aromatic N) is 2. The van der Waals surface area contributed by atoms with Gasteiger partial charge in [0.15, 0.2) is 0 Å². The molecule has 0 amide bonds. The summed E-state index contributed by atoms with van der Waals surface area (Å²) in [6, 6.07) is 7.58. The molecule has 0 aliphatic heterocycles. The van der Waals surface area contributed by atoms with Crippen molar-refractivity contribution in [3.05, 3.63) is 60.2 Å². The van der Waals surface area contributed by atoms with Gasteiger partial charge in [0.05, 0.1) is 6.10 Å². The first-order valence-corrected chi connectivity index (χ1v) is 5.61. The lowest BCUT2D eigenvalue weighted by Gasteiger charge is -2.30. The van der Waals surface area contributed by atoms with Crippen LogP contribution in [0.15, 0.2) is 49.1 Å². The van der Waals surface area contributed by atoms with Gasteiger partial charge in [-0.2, -0.15) is 0 Å². The third-order valence-corrected chi connectivity index (χ3v) is 3.09. The minimum absolute atomic E-state index is 0.392. The third-order valence-electron chi connectivity index (χ3n) is 3.09. The van der Waals surface area contributed by atoms with E-state index in [4.69, 9.17) is 0 Å². The van der Waals surface area contributed by atoms with Crippen LogP contribution in [0.2, 0.25) is 0 Å². The molecule has 0 spiro atoms. The van der Waals surface area contributed by atoms with E-state index >= 15 is 0 Å². The SMILES string of the molecule is CC(C)(c1cccnc1)[C@H](O)c1cccnc1. The van der Waals surface area contributed by atoms with E-state index in [0.717, 1.165) is 11.1 Å². The van der Waals surface area contributed by atoms with Crippen LogP contribution in [0.3, 0.4) is 0 Å². The molecule has 2 rings (SSSR count). The largest absolute Gasteiger partial charge is 0.387 e. The van der Waals surface area contributed by atoms with Gasteiger partial charge in [-0.15, -0.1) is 0 Å². The first kappa shape index (κ1) is 11.7. The van der Waals surface area contributed by atoms with Gasteiger partial charge in [-0.25, -0.2) is 0 Å². The molecule has 0 aliphatic carbocycles. The number of hydrogen-bond acceptors (Lipinski definition) is 3. The maximum Gasteiger partial charge on any atom is 0.0896 e. The Morgan fingerprint density at radius 3 is 2.24 bits per heavy atom. The van der Waals surface area contributed by atoms with Crippen molar-refractivity contribution < 1.29 is 5.11 Å². The monoisotopic (exact) mass is 228 g/mol. The fourth-order valence-corrected chi connectivity index (χ4v) is 1.86. The second kappa shape index (κ2) is 4.63. The summed E-state index contributed by atoms with van der Waals surface area (Å²) in [6.07, 6.45) is 6.33. The Bertz CT molecular complexity index is 468. The minimum atomic E-state index is -0.597. The van der Waals surface area contributed by atoms with Gasteiger partial charge in [0.25, 0.3) is 0 Å². The number of aromatic nitrogens is 2. The van der Waals surface area contributed by atoms with Crippen LogP contribution in [0.25, 0.3) is 0 Å². The molecule has 3 heteroatoms. The summed E-state index contributed by atoms with van der Waals surface area (Å²) in [5, 5.41) is 10.4. The maximum atomic E-state index is 10.4. The molecule has 0 unspecified atom stereocenters. The van der Waals surface area contributed by atoms with Crippen LogP contribution in [0.5, 0.6) is 0 Å². The third kappa shape index (κ3) is 2.34. The smallest absolute Gasteiger partial charge is 0.0896 e. The highest BCUT2D eigenvalue weighted by Crippen LogP contribution is 2.35. The quantitative estimate of drug-likeness (QED) is 0.877. The first-order chi connectivity index (χ1) is 8.12. The molecule has 2 heterocycles. The molecule has 3 nitrogen and oxygen atoms in total. The summed E-state index contributed by atoms with van der Waals surface area (Å²) in [6.45, 7) is 4.00. The van der Waals surface area contributed by atoms with E-state index < -0.39 is 11.5 Å². The van der Waals surface area contributed by atoms with Crippen molar-refractivity contribution in [3.8, 4) is 0 Å². The van der Waals surface area contributed by atoms with E-state index in [1.165, 1.54) is 0 Å². The van der Waals surface area contributed by atoms with Crippen molar-refractivity contribution in [2.75, 3.05) is 0 Å². The molecular weight excluding hydrogens is 212 g/mol. The van der Waals surface area contributed by atoms with Gasteiger partial charge in [0, 0.05) is 30.2 Å². The van der Waals surface area contributed by atoms with Gasteiger partial charge in [-0.3, -0.25) is 9.97 Å². The zero-order chi connectivity index (χ0) is 12.3. The summed E-state index contributed by atoms with van der Waals surface area (Å²) in [4.78, 5) is 8.14. The molecule has 0 saturated carbocycles. The Morgan fingerprint density at radius 1 is 1.06 bits per heavy atom. The Hall–Kier alpha value is -1.74. The van der Waals surface area contributed by atoms with E-state index in [9.17, 15) is 5.11 Å². The lowest BCUT2D eigenvalue weighted by Crippen LogP contribution is -2.27. The first-order valence-electron chi connectivity index (χ1n) is 5.61. The van der Waals surface area contributed by atoms with Crippen LogP contribution in [-0.2, 0) is 5.41 Å². The molecule has 17 heavy (non-hydrogen) atoms. The highest BCUT2D eigenvalue weighted by Gasteiger charge is 2.31. The Labute approximate surface area is 101 Å². The standard InChI is InChI=1S/C14H16N2O/c1-14(2,12-6-4-8-16-10-12)13(17)11-5-3-7-15-9-11/h3-10,13,17H,1-2H3/t13-/m1/s1. The summed E-state index contributed by atoms with van der Waals surface area (Å²) in [5.74, 6) is 0. The molecule has 88 valence electrons. The molecule has 0 bridgehead atoms. The van der Waals surface area contributed by atoms with Crippen molar-refractivity contribution in [3.63, 3.8) is 0 Å². The van der Waals surface area contributed by atoms with Crippen molar-refractivity contribution in [1.29, 1.82) is 0 Å². The van der Waals surface area contributed by atoms with Gasteiger partial charge in [-0.1, -0.05) is 26.0 Å². The zero-order valence-electron chi connectivity index (χ0n) is 10.0. The molecule has 2 aromatic heterocycles. The van der Waals surface area contributed by atoms with Crippen LogP contribution in [-0.4, -0.2) is 15.1 Å². The highest BCUT2D eigenvalue weighted by molar-refractivity contribution is 5.26. The number of aliphatic hydroxyl groups excluding tert-OH is 1. The zero-order valence-corrected chi connectivity index (χ0v) is 10.0. The topological polar surface area (TPSA) is 46.0 Å². The number of rotatable bonds is 3. The van der Waals surface area contributed by atoms with E-state index in [0.29, 0.717) is 0 Å². The molecular formula is C14H16N2O. The molecule has 0 aliphatic rings. The molecule has 0 fully saturated rings. The maximum absolute atomic E-state index is 10.4. The lowest BCUT2D eigenvalue weighted by molar-refractivity contribution is 0.0997. The van der Waals surface area contributed by atoms with Crippen LogP contribution in [0.4, 0.5) is 0 Å². The lowest BCUT2D eigenvalue weighted by atomic mass is 9.78. The average molecular weight is 228 g/mol. The van der Waals surface area contributed by atoms with Crippen molar-refractivity contribution in [1.82, 2.24) is 9.97 Å². The Morgan fingerprint density at radius 2 is 1.71 bits per heavy atom. The van der Waals surface area contributed by atoms with Crippen molar-refractivity contribution in [2.24, 2.45) is 0 Å². The van der Waals surface area contributed by atoms with Crippen LogP contribution in [0, 0.1) is 0 Å². The number of hydrogen-bond donors (Lipinski definition) is 1. The van der Waals surface area contributed by atoms with Gasteiger partial charge in [0.1, 0.15) is 0 Å². The van der Waals surface area contributed by atoms with Gasteiger partial charge in [0.2, 0.25) is 0 Å². The number of pyridine rings is 2. The van der Waals surface area contributed by atoms with Crippen molar-refractivity contribution in [2.45, 2.75) is 25.4 Å². The normalized spacial score (nSPS) is 13.4. The van der Waals surface area contributed by atoms with Gasteiger partial charge < -0.3 is 5.11 Å². The Balaban J connectivity index is 2.33. The van der Waals surface area contributed by atoms with E-state index in [1.807, 2.05) is 38.1 Å². The average Bonchev–Trinajstić information content (AvgIpc) is 2.40. The second-order valence-corrected chi connectivity index (χ2v) is 4.65. The molecule has 2 aromatic rings. The predicted molar refractivity (Wildman–Crippen MR) is 66.5 cm³/mol. The summed E-state index contributed by atoms with van der Waals surface area (Å²) in [5.41, 5.74) is 1.44. The molecule has 0 aromatic carbocycles. The highest BCUT2D eigenvalue weighted by atomic mass is 16.3. The predicted octanol–water partition coefficient (Wildman–Crippen LogP) is 2.49. The Kier molecular flexibility index (Phi) is 3.20. The van der Waals surface area contributed by atoms with E-state index in [1.54, 1.807) is 24.8 Å². The minimum Gasteiger partial charge on any atom is -0.387 e. The van der Waals surface area contributed by atoms with E-state index in [2.05, 4.69) is 9.97 Å². The van der Waals surface area contributed by atoms with Crippen LogP contribution >= 0.6 is 0 Å². The fraction of sp³-hybridized carbons (Fsp3) is 0.286. The summed E-state index contributed by atoms with van der Waals surface area (Å²) >= 11 is 0. The van der Waals surface area contributed by atoms with Gasteiger partial charge in [-0.05, 0) is 23.3 Å². The molecule has 0 saturated heterocycles. The summed E-state index contributed by atoms with van der Waals surface area (Å²) in [7, 11) is 0. The molecule has 1 atom stereocenters. The fourth-order valence-electron chi connectivity index (χ4n) is 1.86. The van der Waals surface area contributed by atoms with E-state index in [-0.39, 0.29) is 0 Å². The van der Waals surface area contributed by atoms with Crippen LogP contribution in [0.1, 0.15) is 31.1 Å². The second-order valence-electron chi connectivity index (χ2n) is 4.65. The van der Waals surface area contributed by atoms with Gasteiger partial charge >= 0.3 is 0 Å². The van der Waals surface area contributed by atoms with Crippen molar-refractivity contribution >= 4 is 0 Å². The van der Waals surface area contributed by atoms with Crippen LogP contribution < -0.4 is 0 Å². The number of aliphatic hydroxyl groups is 1.